The lowest BCUT2D eigenvalue weighted by molar-refractivity contribution is 0.181. The molecule has 34 heavy (non-hydrogen) atoms. The summed E-state index contributed by atoms with van der Waals surface area (Å²) in [6.07, 6.45) is 2.52. The van der Waals surface area contributed by atoms with Gasteiger partial charge in [0, 0.05) is 41.4 Å². The van der Waals surface area contributed by atoms with Gasteiger partial charge in [-0.25, -0.2) is 19.2 Å². The average Bonchev–Trinajstić information content (AvgIpc) is 3.25. The van der Waals surface area contributed by atoms with E-state index in [0.29, 0.717) is 60.6 Å². The lowest BCUT2D eigenvalue weighted by Crippen LogP contribution is -2.43. The molecule has 1 saturated heterocycles. The molecule has 0 bridgehead atoms. The molecule has 0 spiro atoms. The zero-order valence-corrected chi connectivity index (χ0v) is 19.0. The van der Waals surface area contributed by atoms with E-state index in [9.17, 15) is 9.90 Å². The normalized spacial score (nSPS) is 19.4. The number of hydrogen-bond donors (Lipinski definition) is 3. The number of nitrogens with zero attached hydrogens (tertiary/aromatic N) is 3. The van der Waals surface area contributed by atoms with Gasteiger partial charge in [-0.15, -0.1) is 0 Å². The molecule has 2 aromatic heterocycles. The van der Waals surface area contributed by atoms with E-state index < -0.39 is 11.9 Å². The molecule has 0 aliphatic carbocycles. The lowest BCUT2D eigenvalue weighted by Gasteiger charge is -2.27. The van der Waals surface area contributed by atoms with Crippen LogP contribution in [0.4, 0.5) is 26.4 Å². The van der Waals surface area contributed by atoms with E-state index in [0.717, 1.165) is 11.3 Å². The van der Waals surface area contributed by atoms with Crippen molar-refractivity contribution in [3.05, 3.63) is 35.9 Å². The topological polar surface area (TPSA) is 123 Å². The van der Waals surface area contributed by atoms with Crippen LogP contribution in [0, 0.1) is 11.7 Å². The Hall–Kier alpha value is -3.66. The van der Waals surface area contributed by atoms with Gasteiger partial charge in [-0.3, -0.25) is 4.90 Å². The van der Waals surface area contributed by atoms with Crippen molar-refractivity contribution in [1.82, 2.24) is 9.97 Å². The van der Waals surface area contributed by atoms with Crippen molar-refractivity contribution in [3.8, 4) is 17.0 Å². The van der Waals surface area contributed by atoms with E-state index in [1.165, 1.54) is 11.1 Å². The number of amides is 1. The highest BCUT2D eigenvalue weighted by Crippen LogP contribution is 2.40. The molecule has 5 rings (SSSR count). The Morgan fingerprint density at radius 2 is 2.12 bits per heavy atom. The van der Waals surface area contributed by atoms with Gasteiger partial charge in [-0.05, 0) is 29.5 Å². The van der Waals surface area contributed by atoms with Gasteiger partial charge in [0.15, 0.2) is 5.82 Å². The fourth-order valence-electron chi connectivity index (χ4n) is 4.75. The van der Waals surface area contributed by atoms with Crippen molar-refractivity contribution in [1.29, 1.82) is 0 Å². The second-order valence-electron chi connectivity index (χ2n) is 8.61. The number of ether oxygens (including phenoxy) is 2. The van der Waals surface area contributed by atoms with Crippen LogP contribution in [-0.2, 0) is 11.2 Å². The van der Waals surface area contributed by atoms with E-state index in [1.807, 2.05) is 13.8 Å². The molecule has 4 N–H and O–H groups in total. The summed E-state index contributed by atoms with van der Waals surface area (Å²) in [7, 11) is 0. The molecule has 2 unspecified atom stereocenters. The maximum atomic E-state index is 15.5. The van der Waals surface area contributed by atoms with Crippen LogP contribution in [0.15, 0.2) is 24.5 Å². The number of rotatable bonds is 4. The highest BCUT2D eigenvalue weighted by atomic mass is 19.1. The van der Waals surface area contributed by atoms with Crippen LogP contribution in [0.1, 0.15) is 19.4 Å². The molecular weight excluding hydrogens is 441 g/mol. The first-order chi connectivity index (χ1) is 16.4. The molecular formula is C24H26FN5O4. The standard InChI is InChI=1S/C24H26FN5O4/c1-3-14-17(9-29-23-22(14)27-4-5-34-23)15-6-13-7-19(28-8-16(13)21(26)20(15)25)30(24(31)32)18-11-33-10-12(18)2/h6-9,12,18,27H,3-5,10-11,26H2,1-2H3,(H,31,32). The molecule has 9 nitrogen and oxygen atoms in total. The minimum absolute atomic E-state index is 0.0193. The van der Waals surface area contributed by atoms with Crippen molar-refractivity contribution in [3.63, 3.8) is 0 Å². The van der Waals surface area contributed by atoms with Gasteiger partial charge in [0.2, 0.25) is 5.88 Å². The van der Waals surface area contributed by atoms with Crippen molar-refractivity contribution in [2.24, 2.45) is 5.92 Å². The Bertz CT molecular complexity index is 1280. The molecule has 0 radical (unpaired) electrons. The van der Waals surface area contributed by atoms with E-state index in [1.54, 1.807) is 18.3 Å². The van der Waals surface area contributed by atoms with Gasteiger partial charge in [0.25, 0.3) is 0 Å². The number of carbonyl (C=O) groups is 1. The lowest BCUT2D eigenvalue weighted by atomic mass is 9.95. The smallest absolute Gasteiger partial charge is 0.413 e. The van der Waals surface area contributed by atoms with Crippen LogP contribution >= 0.6 is 0 Å². The number of nitrogens with one attached hydrogen (secondary N) is 1. The summed E-state index contributed by atoms with van der Waals surface area (Å²) in [5.74, 6) is 0.195. The average molecular weight is 468 g/mol. The molecule has 0 saturated carbocycles. The molecule has 1 amide bonds. The van der Waals surface area contributed by atoms with Gasteiger partial charge in [-0.2, -0.15) is 0 Å². The monoisotopic (exact) mass is 467 g/mol. The number of pyridine rings is 2. The van der Waals surface area contributed by atoms with E-state index in [2.05, 4.69) is 15.3 Å². The molecule has 1 aromatic carbocycles. The second-order valence-corrected chi connectivity index (χ2v) is 8.61. The molecule has 2 atom stereocenters. The molecule has 4 heterocycles. The third-order valence-electron chi connectivity index (χ3n) is 6.53. The Kier molecular flexibility index (Phi) is 5.60. The van der Waals surface area contributed by atoms with Gasteiger partial charge in [0.05, 0.1) is 24.9 Å². The van der Waals surface area contributed by atoms with E-state index >= 15 is 4.39 Å². The van der Waals surface area contributed by atoms with Gasteiger partial charge in [0.1, 0.15) is 18.1 Å². The SMILES string of the molecule is CCc1c(-c2cc3cc(N(C(=O)O)C4COCC4C)ncc3c(N)c2F)cnc2c1NCCO2. The number of fused-ring (bicyclic) bond motifs is 2. The number of nitrogen functional groups attached to an aromatic ring is 1. The predicted molar refractivity (Wildman–Crippen MR) is 127 cm³/mol. The molecule has 10 heteroatoms. The third-order valence-corrected chi connectivity index (χ3v) is 6.53. The summed E-state index contributed by atoms with van der Waals surface area (Å²) < 4.78 is 26.6. The molecule has 2 aliphatic heterocycles. The number of anilines is 3. The summed E-state index contributed by atoms with van der Waals surface area (Å²) in [6, 6.07) is 2.95. The van der Waals surface area contributed by atoms with Crippen LogP contribution in [0.5, 0.6) is 5.88 Å². The third kappa shape index (κ3) is 3.54. The van der Waals surface area contributed by atoms with Crippen LogP contribution in [0.25, 0.3) is 21.9 Å². The first kappa shape index (κ1) is 22.1. The van der Waals surface area contributed by atoms with Gasteiger partial charge < -0.3 is 25.6 Å². The summed E-state index contributed by atoms with van der Waals surface area (Å²) in [5, 5.41) is 14.2. The zero-order chi connectivity index (χ0) is 24.0. The summed E-state index contributed by atoms with van der Waals surface area (Å²) in [4.78, 5) is 22.0. The minimum Gasteiger partial charge on any atom is -0.474 e. The first-order valence-electron chi connectivity index (χ1n) is 11.3. The van der Waals surface area contributed by atoms with E-state index in [4.69, 9.17) is 15.2 Å². The highest BCUT2D eigenvalue weighted by molar-refractivity contribution is 6.00. The van der Waals surface area contributed by atoms with Crippen molar-refractivity contribution in [2.75, 3.05) is 42.3 Å². The van der Waals surface area contributed by atoms with Gasteiger partial charge in [-0.1, -0.05) is 13.8 Å². The largest absolute Gasteiger partial charge is 0.474 e. The number of nitrogens with two attached hydrogens (primary N) is 1. The molecule has 2 aliphatic rings. The molecule has 1 fully saturated rings. The fourth-order valence-corrected chi connectivity index (χ4v) is 4.75. The Morgan fingerprint density at radius 3 is 2.82 bits per heavy atom. The fraction of sp³-hybridized carbons (Fsp3) is 0.375. The summed E-state index contributed by atoms with van der Waals surface area (Å²) >= 11 is 0. The zero-order valence-electron chi connectivity index (χ0n) is 19.0. The Morgan fingerprint density at radius 1 is 1.29 bits per heavy atom. The Labute approximate surface area is 195 Å². The summed E-state index contributed by atoms with van der Waals surface area (Å²) in [5.41, 5.74) is 8.68. The van der Waals surface area contributed by atoms with Crippen LogP contribution in [0.3, 0.4) is 0 Å². The predicted octanol–water partition coefficient (Wildman–Crippen LogP) is 3.90. The number of hydrogen-bond acceptors (Lipinski definition) is 7. The minimum atomic E-state index is -1.12. The van der Waals surface area contributed by atoms with Gasteiger partial charge >= 0.3 is 6.09 Å². The van der Waals surface area contributed by atoms with Crippen molar-refractivity contribution in [2.45, 2.75) is 26.3 Å². The first-order valence-corrected chi connectivity index (χ1v) is 11.3. The number of aromatic nitrogens is 2. The molecule has 3 aromatic rings. The van der Waals surface area contributed by atoms with Crippen LogP contribution in [-0.4, -0.2) is 53.6 Å². The molecule has 178 valence electrons. The number of benzene rings is 1. The number of carboxylic acid groups (broad SMARTS) is 1. The second kappa shape index (κ2) is 8.60. The van der Waals surface area contributed by atoms with Crippen molar-refractivity contribution >= 4 is 34.1 Å². The van der Waals surface area contributed by atoms with Crippen LogP contribution in [0.2, 0.25) is 0 Å². The Balaban J connectivity index is 1.66. The summed E-state index contributed by atoms with van der Waals surface area (Å²) in [6.45, 7) is 5.84. The maximum Gasteiger partial charge on any atom is 0.413 e. The van der Waals surface area contributed by atoms with Crippen molar-refractivity contribution < 1.29 is 23.8 Å². The quantitative estimate of drug-likeness (QED) is 0.494. The number of halogens is 1. The van der Waals surface area contributed by atoms with E-state index in [-0.39, 0.29) is 23.5 Å². The van der Waals surface area contributed by atoms with Crippen LogP contribution < -0.4 is 20.7 Å². The maximum absolute atomic E-state index is 15.5. The highest BCUT2D eigenvalue weighted by Gasteiger charge is 2.35.